The maximum atomic E-state index is 12.4. The zero-order chi connectivity index (χ0) is 16.8. The fourth-order valence-corrected chi connectivity index (χ4v) is 3.50. The number of thiazole rings is 1. The number of hydrogen-bond acceptors (Lipinski definition) is 4. The molecule has 0 atom stereocenters. The minimum atomic E-state index is -0.185. The molecule has 0 aliphatic carbocycles. The van der Waals surface area contributed by atoms with Crippen molar-refractivity contribution in [3.63, 3.8) is 0 Å². The number of nitrogens with one attached hydrogen (secondary N) is 1. The van der Waals surface area contributed by atoms with Gasteiger partial charge in [-0.3, -0.25) is 14.9 Å². The first-order valence-electron chi connectivity index (χ1n) is 8.31. The van der Waals surface area contributed by atoms with E-state index in [9.17, 15) is 9.59 Å². The molecule has 0 saturated carbocycles. The molecule has 1 N–H and O–H groups in total. The molecule has 1 fully saturated rings. The van der Waals surface area contributed by atoms with Crippen molar-refractivity contribution in [2.75, 3.05) is 18.4 Å². The van der Waals surface area contributed by atoms with E-state index in [1.807, 2.05) is 28.5 Å². The van der Waals surface area contributed by atoms with E-state index in [-0.39, 0.29) is 11.8 Å². The fourth-order valence-electron chi connectivity index (χ4n) is 2.79. The van der Waals surface area contributed by atoms with E-state index in [0.29, 0.717) is 17.1 Å². The summed E-state index contributed by atoms with van der Waals surface area (Å²) in [6.45, 7) is 1.70. The van der Waals surface area contributed by atoms with Gasteiger partial charge >= 0.3 is 0 Å². The molecule has 2 amide bonds. The van der Waals surface area contributed by atoms with Gasteiger partial charge in [0.15, 0.2) is 5.13 Å². The number of rotatable bonds is 4. The first kappa shape index (κ1) is 16.6. The van der Waals surface area contributed by atoms with Crippen LogP contribution in [-0.4, -0.2) is 34.8 Å². The van der Waals surface area contributed by atoms with Gasteiger partial charge in [0.1, 0.15) is 0 Å². The predicted octanol–water partition coefficient (Wildman–Crippen LogP) is 3.34. The maximum absolute atomic E-state index is 12.4. The Morgan fingerprint density at radius 3 is 2.50 bits per heavy atom. The monoisotopic (exact) mass is 343 g/mol. The van der Waals surface area contributed by atoms with Crippen LogP contribution in [-0.2, 0) is 11.2 Å². The van der Waals surface area contributed by atoms with E-state index in [4.69, 9.17) is 0 Å². The van der Waals surface area contributed by atoms with Crippen molar-refractivity contribution in [3.8, 4) is 0 Å². The second-order valence-corrected chi connectivity index (χ2v) is 6.79. The van der Waals surface area contributed by atoms with Crippen molar-refractivity contribution in [1.82, 2.24) is 9.88 Å². The summed E-state index contributed by atoms with van der Waals surface area (Å²) in [4.78, 5) is 30.8. The van der Waals surface area contributed by atoms with Crippen LogP contribution in [0.25, 0.3) is 0 Å². The molecule has 3 rings (SSSR count). The van der Waals surface area contributed by atoms with Gasteiger partial charge in [0.25, 0.3) is 5.91 Å². The zero-order valence-electron chi connectivity index (χ0n) is 13.5. The van der Waals surface area contributed by atoms with Crippen molar-refractivity contribution in [2.24, 2.45) is 0 Å². The molecule has 2 aromatic rings. The third-order valence-corrected chi connectivity index (χ3v) is 4.91. The van der Waals surface area contributed by atoms with Gasteiger partial charge in [0.2, 0.25) is 5.91 Å². The van der Waals surface area contributed by atoms with E-state index < -0.39 is 0 Å². The van der Waals surface area contributed by atoms with Crippen LogP contribution in [0.15, 0.2) is 35.7 Å². The lowest BCUT2D eigenvalue weighted by molar-refractivity contribution is -0.130. The number of carbonyl (C=O) groups is 2. The highest BCUT2D eigenvalue weighted by Gasteiger charge is 2.17. The van der Waals surface area contributed by atoms with Gasteiger partial charge in [-0.05, 0) is 25.0 Å². The molecule has 2 heterocycles. The minimum Gasteiger partial charge on any atom is -0.342 e. The quantitative estimate of drug-likeness (QED) is 0.926. The van der Waals surface area contributed by atoms with Crippen LogP contribution in [0.1, 0.15) is 41.7 Å². The number of likely N-dealkylation sites (tertiary alicyclic amines) is 1. The van der Waals surface area contributed by atoms with Crippen molar-refractivity contribution < 1.29 is 9.59 Å². The summed E-state index contributed by atoms with van der Waals surface area (Å²) in [5.41, 5.74) is 1.31. The largest absolute Gasteiger partial charge is 0.342 e. The van der Waals surface area contributed by atoms with Crippen LogP contribution in [0.3, 0.4) is 0 Å². The Balaban J connectivity index is 1.57. The third-order valence-electron chi connectivity index (χ3n) is 4.10. The van der Waals surface area contributed by atoms with Crippen molar-refractivity contribution in [3.05, 3.63) is 47.0 Å². The topological polar surface area (TPSA) is 62.3 Å². The molecule has 6 heteroatoms. The Kier molecular flexibility index (Phi) is 5.59. The first-order valence-corrected chi connectivity index (χ1v) is 9.19. The second-order valence-electron chi connectivity index (χ2n) is 5.94. The molecule has 1 aliphatic rings. The molecule has 0 bridgehead atoms. The molecule has 5 nitrogen and oxygen atoms in total. The lowest BCUT2D eigenvalue weighted by atomic mass is 10.2. The number of carbonyl (C=O) groups excluding carboxylic acids is 2. The highest BCUT2D eigenvalue weighted by atomic mass is 32.1. The van der Waals surface area contributed by atoms with Crippen molar-refractivity contribution in [1.29, 1.82) is 0 Å². The van der Waals surface area contributed by atoms with Crippen molar-refractivity contribution >= 4 is 28.3 Å². The van der Waals surface area contributed by atoms with Gasteiger partial charge in [-0.15, -0.1) is 11.3 Å². The van der Waals surface area contributed by atoms with Gasteiger partial charge in [0.05, 0.1) is 12.1 Å². The Bertz CT molecular complexity index is 691. The van der Waals surface area contributed by atoms with Crippen molar-refractivity contribution in [2.45, 2.75) is 32.1 Å². The summed E-state index contributed by atoms with van der Waals surface area (Å²) in [7, 11) is 0. The first-order chi connectivity index (χ1) is 11.7. The number of amides is 2. The average molecular weight is 343 g/mol. The van der Waals surface area contributed by atoms with Crippen LogP contribution in [0.4, 0.5) is 5.13 Å². The zero-order valence-corrected chi connectivity index (χ0v) is 14.3. The van der Waals surface area contributed by atoms with E-state index in [1.54, 1.807) is 12.1 Å². The SMILES string of the molecule is O=C(Nc1nc(CC(=O)N2CCCCCC2)cs1)c1ccccc1. The summed E-state index contributed by atoms with van der Waals surface area (Å²) in [5, 5.41) is 5.16. The molecular formula is C18H21N3O2S. The Morgan fingerprint density at radius 1 is 1.08 bits per heavy atom. The van der Waals surface area contributed by atoms with Crippen LogP contribution in [0, 0.1) is 0 Å². The summed E-state index contributed by atoms with van der Waals surface area (Å²) >= 11 is 1.35. The summed E-state index contributed by atoms with van der Waals surface area (Å²) in [5.74, 6) is -0.0570. The number of nitrogens with zero attached hydrogens (tertiary/aromatic N) is 2. The van der Waals surface area contributed by atoms with E-state index in [2.05, 4.69) is 10.3 Å². The van der Waals surface area contributed by atoms with Gasteiger partial charge in [-0.25, -0.2) is 4.98 Å². The number of aromatic nitrogens is 1. The Labute approximate surface area is 145 Å². The van der Waals surface area contributed by atoms with Gasteiger partial charge < -0.3 is 4.90 Å². The normalized spacial score (nSPS) is 14.9. The molecule has 0 radical (unpaired) electrons. The summed E-state index contributed by atoms with van der Waals surface area (Å²) in [6.07, 6.45) is 4.88. The maximum Gasteiger partial charge on any atom is 0.257 e. The highest BCUT2D eigenvalue weighted by Crippen LogP contribution is 2.18. The second kappa shape index (κ2) is 8.06. The van der Waals surface area contributed by atoms with Gasteiger partial charge in [-0.2, -0.15) is 0 Å². The van der Waals surface area contributed by atoms with E-state index in [0.717, 1.165) is 31.6 Å². The summed E-state index contributed by atoms with van der Waals surface area (Å²) in [6, 6.07) is 9.02. The number of benzene rings is 1. The molecule has 1 aliphatic heterocycles. The molecule has 1 aromatic carbocycles. The van der Waals surface area contributed by atoms with E-state index >= 15 is 0 Å². The molecular weight excluding hydrogens is 322 g/mol. The number of hydrogen-bond donors (Lipinski definition) is 1. The van der Waals surface area contributed by atoms with Crippen LogP contribution < -0.4 is 5.32 Å². The Morgan fingerprint density at radius 2 is 1.79 bits per heavy atom. The fraction of sp³-hybridized carbons (Fsp3) is 0.389. The Hall–Kier alpha value is -2.21. The van der Waals surface area contributed by atoms with Gasteiger partial charge in [0, 0.05) is 24.0 Å². The third kappa shape index (κ3) is 4.41. The van der Waals surface area contributed by atoms with E-state index in [1.165, 1.54) is 24.2 Å². The molecule has 1 saturated heterocycles. The average Bonchev–Trinajstić information content (AvgIpc) is 2.86. The summed E-state index contributed by atoms with van der Waals surface area (Å²) < 4.78 is 0. The lowest BCUT2D eigenvalue weighted by Gasteiger charge is -2.19. The smallest absolute Gasteiger partial charge is 0.257 e. The standard InChI is InChI=1S/C18H21N3O2S/c22-16(21-10-6-1-2-7-11-21)12-15-13-24-18(19-15)20-17(23)14-8-4-3-5-9-14/h3-5,8-9,13H,1-2,6-7,10-12H2,(H,19,20,23). The van der Waals surface area contributed by atoms with Crippen LogP contribution in [0.2, 0.25) is 0 Å². The molecule has 0 spiro atoms. The molecule has 24 heavy (non-hydrogen) atoms. The minimum absolute atomic E-state index is 0.128. The van der Waals surface area contributed by atoms with Gasteiger partial charge in [-0.1, -0.05) is 31.0 Å². The lowest BCUT2D eigenvalue weighted by Crippen LogP contribution is -2.33. The van der Waals surface area contributed by atoms with Crippen LogP contribution >= 0.6 is 11.3 Å². The molecule has 1 aromatic heterocycles. The number of anilines is 1. The molecule has 126 valence electrons. The molecule has 0 unspecified atom stereocenters. The highest BCUT2D eigenvalue weighted by molar-refractivity contribution is 7.14. The van der Waals surface area contributed by atoms with Crippen LogP contribution in [0.5, 0.6) is 0 Å². The predicted molar refractivity (Wildman–Crippen MR) is 95.3 cm³/mol.